The zero-order valence-corrected chi connectivity index (χ0v) is 19.7. The second kappa shape index (κ2) is 7.96. The topological polar surface area (TPSA) is 102 Å². The lowest BCUT2D eigenvalue weighted by Crippen LogP contribution is -2.44. The van der Waals surface area contributed by atoms with Crippen LogP contribution >= 0.6 is 0 Å². The molecule has 0 bridgehead atoms. The van der Waals surface area contributed by atoms with Gasteiger partial charge < -0.3 is 15.4 Å². The molecule has 4 aromatic rings. The number of likely N-dealkylation sites (N-methyl/N-ethyl adjacent to an activating group) is 1. The fraction of sp³-hybridized carbons (Fsp3) is 0.269. The summed E-state index contributed by atoms with van der Waals surface area (Å²) >= 11 is 0. The molecule has 1 aliphatic heterocycles. The summed E-state index contributed by atoms with van der Waals surface area (Å²) in [5, 5.41) is 15.2. The van der Waals surface area contributed by atoms with E-state index in [4.69, 9.17) is 15.6 Å². The lowest BCUT2D eigenvalue weighted by atomic mass is 10.1. The van der Waals surface area contributed by atoms with Crippen molar-refractivity contribution < 1.29 is 9.53 Å². The molecular formula is C26H26N6O2. The van der Waals surface area contributed by atoms with Crippen molar-refractivity contribution in [1.82, 2.24) is 19.2 Å². The lowest BCUT2D eigenvalue weighted by Gasteiger charge is -2.30. The van der Waals surface area contributed by atoms with Crippen molar-refractivity contribution in [3.8, 4) is 17.5 Å². The van der Waals surface area contributed by atoms with Crippen LogP contribution in [0.3, 0.4) is 0 Å². The van der Waals surface area contributed by atoms with E-state index in [1.54, 1.807) is 21.2 Å². The Kier molecular flexibility index (Phi) is 5.05. The van der Waals surface area contributed by atoms with Crippen molar-refractivity contribution in [3.63, 3.8) is 0 Å². The maximum absolute atomic E-state index is 13.1. The summed E-state index contributed by atoms with van der Waals surface area (Å²) in [6, 6.07) is 16.1. The number of aromatic nitrogens is 3. The number of hydrogen-bond donors (Lipinski definition) is 1. The molecule has 1 amide bonds. The van der Waals surface area contributed by atoms with E-state index in [0.717, 1.165) is 28.1 Å². The number of carbonyl (C=O) groups excluding carboxylic acids is 1. The Morgan fingerprint density at radius 1 is 1.21 bits per heavy atom. The Bertz CT molecular complexity index is 1480. The quantitative estimate of drug-likeness (QED) is 0.503. The van der Waals surface area contributed by atoms with E-state index < -0.39 is 0 Å². The van der Waals surface area contributed by atoms with Crippen LogP contribution in [0.4, 0.5) is 5.82 Å². The number of carbonyl (C=O) groups is 1. The molecule has 8 heteroatoms. The first-order valence-corrected chi connectivity index (χ1v) is 11.2. The molecule has 34 heavy (non-hydrogen) atoms. The van der Waals surface area contributed by atoms with Crippen LogP contribution in [0.1, 0.15) is 39.7 Å². The van der Waals surface area contributed by atoms with E-state index >= 15 is 0 Å². The van der Waals surface area contributed by atoms with Gasteiger partial charge in [0.05, 0.1) is 17.6 Å². The number of fused-ring (bicyclic) bond motifs is 3. The minimum Gasteiger partial charge on any atom is -0.489 e. The van der Waals surface area contributed by atoms with Gasteiger partial charge in [-0.15, -0.1) is 0 Å². The monoisotopic (exact) mass is 454 g/mol. The minimum absolute atomic E-state index is 0.00137. The van der Waals surface area contributed by atoms with Gasteiger partial charge in [0.25, 0.3) is 5.91 Å². The van der Waals surface area contributed by atoms with E-state index in [1.165, 1.54) is 0 Å². The van der Waals surface area contributed by atoms with Crippen molar-refractivity contribution in [2.45, 2.75) is 40.0 Å². The number of benzene rings is 2. The Morgan fingerprint density at radius 2 is 1.94 bits per heavy atom. The molecule has 8 nitrogen and oxygen atoms in total. The highest BCUT2D eigenvalue weighted by Crippen LogP contribution is 2.38. The van der Waals surface area contributed by atoms with Crippen molar-refractivity contribution >= 4 is 22.8 Å². The number of ether oxygens (including phenoxy) is 1. The van der Waals surface area contributed by atoms with Crippen LogP contribution in [0, 0.1) is 25.2 Å². The standard InChI is InChI=1S/C26H26N6O2/c1-15-10-11-20(34-14-18-8-6-5-7-9-18)17(3)22(15)32-24(28)19(12-27)21-23-26(33)30(4)16(2)13-31(23)29-25(21)32/h5-11,16H,13-14,28H2,1-4H3/t16-/m1/s1. The van der Waals surface area contributed by atoms with E-state index in [-0.39, 0.29) is 23.3 Å². The van der Waals surface area contributed by atoms with Crippen molar-refractivity contribution in [1.29, 1.82) is 5.26 Å². The molecule has 2 N–H and O–H groups in total. The van der Waals surface area contributed by atoms with Crippen LogP contribution in [0.25, 0.3) is 16.7 Å². The highest BCUT2D eigenvalue weighted by Gasteiger charge is 2.35. The highest BCUT2D eigenvalue weighted by atomic mass is 16.5. The number of hydrogen-bond acceptors (Lipinski definition) is 5. The first-order valence-electron chi connectivity index (χ1n) is 11.2. The van der Waals surface area contributed by atoms with Crippen LogP contribution in [0.5, 0.6) is 5.75 Å². The molecule has 3 heterocycles. The molecule has 0 radical (unpaired) electrons. The summed E-state index contributed by atoms with van der Waals surface area (Å²) in [7, 11) is 1.77. The van der Waals surface area contributed by atoms with Crippen LogP contribution < -0.4 is 10.5 Å². The number of rotatable bonds is 4. The predicted molar refractivity (Wildman–Crippen MR) is 130 cm³/mol. The highest BCUT2D eigenvalue weighted by molar-refractivity contribution is 6.09. The molecule has 5 rings (SSSR count). The van der Waals surface area contributed by atoms with Crippen LogP contribution in [-0.2, 0) is 13.2 Å². The number of nitrogens with zero attached hydrogens (tertiary/aromatic N) is 5. The van der Waals surface area contributed by atoms with Gasteiger partial charge >= 0.3 is 0 Å². The largest absolute Gasteiger partial charge is 0.489 e. The van der Waals surface area contributed by atoms with Gasteiger partial charge in [-0.1, -0.05) is 36.4 Å². The van der Waals surface area contributed by atoms with E-state index in [9.17, 15) is 10.1 Å². The second-order valence-electron chi connectivity index (χ2n) is 8.83. The first-order chi connectivity index (χ1) is 16.3. The van der Waals surface area contributed by atoms with Gasteiger partial charge in [-0.3, -0.25) is 14.0 Å². The van der Waals surface area contributed by atoms with Crippen LogP contribution in [0.2, 0.25) is 0 Å². The molecule has 1 atom stereocenters. The molecule has 0 unspecified atom stereocenters. The molecule has 172 valence electrons. The van der Waals surface area contributed by atoms with Crippen LogP contribution in [0.15, 0.2) is 42.5 Å². The summed E-state index contributed by atoms with van der Waals surface area (Å²) in [4.78, 5) is 14.8. The summed E-state index contributed by atoms with van der Waals surface area (Å²) in [5.41, 5.74) is 11.4. The Labute approximate surface area is 197 Å². The molecular weight excluding hydrogens is 428 g/mol. The third-order valence-electron chi connectivity index (χ3n) is 6.67. The molecule has 0 saturated carbocycles. The summed E-state index contributed by atoms with van der Waals surface area (Å²) in [6.07, 6.45) is 0. The van der Waals surface area contributed by atoms with Crippen molar-refractivity contribution in [2.24, 2.45) is 0 Å². The molecule has 2 aromatic heterocycles. The summed E-state index contributed by atoms with van der Waals surface area (Å²) in [6.45, 7) is 6.91. The Balaban J connectivity index is 1.69. The van der Waals surface area contributed by atoms with Gasteiger partial charge in [0, 0.05) is 18.7 Å². The maximum Gasteiger partial charge on any atom is 0.272 e. The zero-order valence-electron chi connectivity index (χ0n) is 19.7. The number of nitriles is 1. The van der Waals surface area contributed by atoms with Gasteiger partial charge in [-0.25, -0.2) is 0 Å². The molecule has 0 saturated heterocycles. The number of anilines is 1. The average molecular weight is 455 g/mol. The summed E-state index contributed by atoms with van der Waals surface area (Å²) in [5.74, 6) is 0.824. The van der Waals surface area contributed by atoms with Gasteiger partial charge in [0.2, 0.25) is 0 Å². The zero-order chi connectivity index (χ0) is 24.1. The SMILES string of the molecule is Cc1ccc(OCc2ccccc2)c(C)c1-n1c(N)c(C#N)c2c3n(nc21)C[C@@H](C)N(C)C3=O. The number of nitrogen functional groups attached to an aromatic ring is 1. The van der Waals surface area contributed by atoms with E-state index in [0.29, 0.717) is 29.9 Å². The molecule has 0 aliphatic carbocycles. The third kappa shape index (κ3) is 3.12. The third-order valence-corrected chi connectivity index (χ3v) is 6.67. The summed E-state index contributed by atoms with van der Waals surface area (Å²) < 4.78 is 9.64. The predicted octanol–water partition coefficient (Wildman–Crippen LogP) is 3.95. The lowest BCUT2D eigenvalue weighted by molar-refractivity contribution is 0.0668. The second-order valence-corrected chi connectivity index (χ2v) is 8.83. The molecule has 0 spiro atoms. The van der Waals surface area contributed by atoms with Gasteiger partial charge in [0.15, 0.2) is 5.65 Å². The van der Waals surface area contributed by atoms with Crippen molar-refractivity contribution in [2.75, 3.05) is 12.8 Å². The smallest absolute Gasteiger partial charge is 0.272 e. The number of amides is 1. The fourth-order valence-corrected chi connectivity index (χ4v) is 4.67. The molecule has 2 aromatic carbocycles. The van der Waals surface area contributed by atoms with Crippen molar-refractivity contribution in [3.05, 3.63) is 70.4 Å². The molecule has 1 aliphatic rings. The van der Waals surface area contributed by atoms with Crippen LogP contribution in [-0.4, -0.2) is 38.2 Å². The molecule has 0 fully saturated rings. The number of aryl methyl sites for hydroxylation is 1. The Hall–Kier alpha value is -4.25. The number of nitrogens with two attached hydrogens (primary N) is 1. The maximum atomic E-state index is 13.1. The van der Waals surface area contributed by atoms with E-state index in [2.05, 4.69) is 6.07 Å². The fourth-order valence-electron chi connectivity index (χ4n) is 4.67. The van der Waals surface area contributed by atoms with Gasteiger partial charge in [0.1, 0.15) is 35.5 Å². The first kappa shape index (κ1) is 21.6. The minimum atomic E-state index is -0.164. The van der Waals surface area contributed by atoms with E-state index in [1.807, 2.05) is 63.2 Å². The average Bonchev–Trinajstić information content (AvgIpc) is 3.31. The van der Waals surface area contributed by atoms with Gasteiger partial charge in [-0.2, -0.15) is 10.4 Å². The van der Waals surface area contributed by atoms with Gasteiger partial charge in [-0.05, 0) is 38.0 Å². The normalized spacial score (nSPS) is 15.4. The Morgan fingerprint density at radius 3 is 2.65 bits per heavy atom.